The second kappa shape index (κ2) is 6.04. The van der Waals surface area contributed by atoms with E-state index in [-0.39, 0.29) is 6.54 Å². The molecule has 0 aliphatic carbocycles. The maximum absolute atomic E-state index is 11.0. The number of phosphoric ester groups is 1. The minimum Gasteiger partial charge on any atom is -0.387 e. The summed E-state index contributed by atoms with van der Waals surface area (Å²) >= 11 is 0. The van der Waals surface area contributed by atoms with Crippen molar-refractivity contribution in [3.8, 4) is 0 Å². The van der Waals surface area contributed by atoms with Crippen LogP contribution in [0.1, 0.15) is 0 Å². The van der Waals surface area contributed by atoms with Gasteiger partial charge in [0.05, 0.1) is 13.2 Å². The van der Waals surface area contributed by atoms with E-state index in [1.54, 1.807) is 0 Å². The van der Waals surface area contributed by atoms with Crippen LogP contribution in [0.4, 0.5) is 0 Å². The maximum Gasteiger partial charge on any atom is 0.469 e. The Kier molecular flexibility index (Phi) is 5.20. The van der Waals surface area contributed by atoms with E-state index in [9.17, 15) is 19.6 Å². The molecule has 0 saturated carbocycles. The molecule has 1 heterocycles. The summed E-state index contributed by atoms with van der Waals surface area (Å²) in [7, 11) is -4.70. The monoisotopic (exact) mass is 286 g/mol. The Morgan fingerprint density at radius 3 is 2.50 bits per heavy atom. The van der Waals surface area contributed by atoms with Gasteiger partial charge in [-0.25, -0.2) is 4.57 Å². The molecule has 1 fully saturated rings. The average Bonchev–Trinajstić information content (AvgIpc) is 2.53. The molecule has 1 saturated heterocycles. The molecule has 10 nitrogen and oxygen atoms in total. The summed E-state index contributed by atoms with van der Waals surface area (Å²) in [5, 5.41) is 21.2. The van der Waals surface area contributed by atoms with Gasteiger partial charge in [-0.3, -0.25) is 9.32 Å². The van der Waals surface area contributed by atoms with Gasteiger partial charge in [-0.05, 0) is 0 Å². The van der Waals surface area contributed by atoms with E-state index >= 15 is 0 Å². The summed E-state index contributed by atoms with van der Waals surface area (Å²) in [6.07, 6.45) is -5.26. The summed E-state index contributed by atoms with van der Waals surface area (Å²) in [6.45, 7) is -0.955. The molecule has 0 bridgehead atoms. The van der Waals surface area contributed by atoms with Gasteiger partial charge in [0, 0.05) is 0 Å². The lowest BCUT2D eigenvalue weighted by atomic mass is 10.1. The number of phosphoric acid groups is 1. The molecule has 0 spiro atoms. The molecule has 4 atom stereocenters. The standard InChI is InChI=1S/C7H15N2O8P/c8-1-4(10)9-7-6(12)5(11)3(17-7)2-16-18(13,14)15/h3,5-7,11-12H,1-2,8H2,(H,9,10)(H2,13,14,15)/t3-,5-,6-,7-/m1/s1. The third-order valence-electron chi connectivity index (χ3n) is 2.26. The predicted octanol–water partition coefficient (Wildman–Crippen LogP) is -3.38. The van der Waals surface area contributed by atoms with Gasteiger partial charge in [0.15, 0.2) is 6.23 Å². The third kappa shape index (κ3) is 4.26. The molecule has 11 heteroatoms. The smallest absolute Gasteiger partial charge is 0.387 e. The second-order valence-electron chi connectivity index (χ2n) is 3.63. The van der Waals surface area contributed by atoms with E-state index < -0.39 is 44.9 Å². The van der Waals surface area contributed by atoms with Crippen LogP contribution in [-0.2, 0) is 18.6 Å². The number of rotatable bonds is 5. The van der Waals surface area contributed by atoms with Crippen molar-refractivity contribution in [2.24, 2.45) is 5.73 Å². The molecule has 0 unspecified atom stereocenters. The average molecular weight is 286 g/mol. The van der Waals surface area contributed by atoms with Gasteiger partial charge in [-0.2, -0.15) is 0 Å². The highest BCUT2D eigenvalue weighted by Gasteiger charge is 2.44. The molecular weight excluding hydrogens is 271 g/mol. The summed E-state index contributed by atoms with van der Waals surface area (Å²) in [5.74, 6) is -0.609. The van der Waals surface area contributed by atoms with Crippen LogP contribution >= 0.6 is 7.82 Å². The normalized spacial score (nSPS) is 32.5. The Balaban J connectivity index is 2.53. The highest BCUT2D eigenvalue weighted by Crippen LogP contribution is 2.37. The van der Waals surface area contributed by atoms with Crippen LogP contribution in [0.3, 0.4) is 0 Å². The molecule has 1 aliphatic heterocycles. The van der Waals surface area contributed by atoms with Gasteiger partial charge in [-0.1, -0.05) is 0 Å². The zero-order valence-electron chi connectivity index (χ0n) is 9.17. The van der Waals surface area contributed by atoms with Gasteiger partial charge in [0.25, 0.3) is 0 Å². The van der Waals surface area contributed by atoms with Crippen LogP contribution in [0.2, 0.25) is 0 Å². The van der Waals surface area contributed by atoms with Gasteiger partial charge < -0.3 is 35.8 Å². The molecule has 7 N–H and O–H groups in total. The largest absolute Gasteiger partial charge is 0.469 e. The van der Waals surface area contributed by atoms with Gasteiger partial charge in [0.2, 0.25) is 5.91 Å². The number of carbonyl (C=O) groups excluding carboxylic acids is 1. The zero-order valence-corrected chi connectivity index (χ0v) is 10.1. The molecule has 1 rings (SSSR count). The van der Waals surface area contributed by atoms with Crippen molar-refractivity contribution in [1.29, 1.82) is 0 Å². The summed E-state index contributed by atoms with van der Waals surface area (Å²) < 4.78 is 19.6. The lowest BCUT2D eigenvalue weighted by Crippen LogP contribution is -2.45. The van der Waals surface area contributed by atoms with E-state index in [4.69, 9.17) is 20.3 Å². The fraction of sp³-hybridized carbons (Fsp3) is 0.857. The number of amides is 1. The number of hydrogen-bond acceptors (Lipinski definition) is 7. The first-order chi connectivity index (χ1) is 8.24. The molecule has 18 heavy (non-hydrogen) atoms. The topological polar surface area (TPSA) is 172 Å². The molecule has 106 valence electrons. The fourth-order valence-electron chi connectivity index (χ4n) is 1.39. The van der Waals surface area contributed by atoms with Crippen molar-refractivity contribution in [3.05, 3.63) is 0 Å². The van der Waals surface area contributed by atoms with Crippen molar-refractivity contribution in [3.63, 3.8) is 0 Å². The number of ether oxygens (including phenoxy) is 1. The molecular formula is C7H15N2O8P. The molecule has 0 aromatic carbocycles. The van der Waals surface area contributed by atoms with Crippen molar-refractivity contribution < 1.29 is 38.6 Å². The molecule has 1 aliphatic rings. The van der Waals surface area contributed by atoms with Crippen LogP contribution < -0.4 is 11.1 Å². The van der Waals surface area contributed by atoms with Crippen molar-refractivity contribution >= 4 is 13.7 Å². The Hall–Kier alpha value is -0.580. The van der Waals surface area contributed by atoms with Crippen LogP contribution in [0.25, 0.3) is 0 Å². The number of aliphatic hydroxyl groups is 2. The van der Waals surface area contributed by atoms with Crippen LogP contribution in [0.5, 0.6) is 0 Å². The fourth-order valence-corrected chi connectivity index (χ4v) is 1.73. The summed E-state index contributed by atoms with van der Waals surface area (Å²) in [5.41, 5.74) is 5.04. The lowest BCUT2D eigenvalue weighted by molar-refractivity contribution is -0.126. The van der Waals surface area contributed by atoms with Crippen molar-refractivity contribution in [1.82, 2.24) is 5.32 Å². The summed E-state index contributed by atoms with van der Waals surface area (Å²) in [6, 6.07) is 0. The predicted molar refractivity (Wildman–Crippen MR) is 55.9 cm³/mol. The first-order valence-corrected chi connectivity index (χ1v) is 6.48. The maximum atomic E-state index is 11.0. The minimum absolute atomic E-state index is 0.327. The van der Waals surface area contributed by atoms with E-state index in [1.807, 2.05) is 0 Å². The number of nitrogens with one attached hydrogen (secondary N) is 1. The van der Waals surface area contributed by atoms with E-state index in [2.05, 4.69) is 9.84 Å². The summed E-state index contributed by atoms with van der Waals surface area (Å²) in [4.78, 5) is 27.9. The third-order valence-corrected chi connectivity index (χ3v) is 2.74. The van der Waals surface area contributed by atoms with E-state index in [0.717, 1.165) is 0 Å². The second-order valence-corrected chi connectivity index (χ2v) is 4.87. The Morgan fingerprint density at radius 2 is 2.00 bits per heavy atom. The van der Waals surface area contributed by atoms with Crippen molar-refractivity contribution in [2.75, 3.05) is 13.2 Å². The Morgan fingerprint density at radius 1 is 1.39 bits per heavy atom. The van der Waals surface area contributed by atoms with Gasteiger partial charge in [0.1, 0.15) is 18.3 Å². The number of nitrogens with two attached hydrogens (primary N) is 1. The lowest BCUT2D eigenvalue weighted by Gasteiger charge is -2.15. The van der Waals surface area contributed by atoms with E-state index in [1.165, 1.54) is 0 Å². The Bertz CT molecular complexity index is 346. The Labute approximate surface area is 102 Å². The number of hydrogen-bond donors (Lipinski definition) is 6. The quantitative estimate of drug-likeness (QED) is 0.282. The first kappa shape index (κ1) is 15.5. The SMILES string of the molecule is NCC(=O)N[C@@H]1O[C@H](COP(=O)(O)O)[C@@H](O)[C@H]1O. The zero-order chi connectivity index (χ0) is 13.9. The number of aliphatic hydroxyl groups excluding tert-OH is 2. The van der Waals surface area contributed by atoms with Gasteiger partial charge >= 0.3 is 7.82 Å². The highest BCUT2D eigenvalue weighted by atomic mass is 31.2. The van der Waals surface area contributed by atoms with Crippen LogP contribution in [-0.4, -0.2) is 63.6 Å². The molecule has 1 amide bonds. The van der Waals surface area contributed by atoms with E-state index in [0.29, 0.717) is 0 Å². The van der Waals surface area contributed by atoms with Crippen LogP contribution in [0, 0.1) is 0 Å². The number of carbonyl (C=O) groups is 1. The molecule has 0 radical (unpaired) electrons. The van der Waals surface area contributed by atoms with Crippen molar-refractivity contribution in [2.45, 2.75) is 24.5 Å². The van der Waals surface area contributed by atoms with Crippen LogP contribution in [0.15, 0.2) is 0 Å². The minimum atomic E-state index is -4.70. The molecule has 0 aromatic rings. The first-order valence-electron chi connectivity index (χ1n) is 4.95. The highest BCUT2D eigenvalue weighted by molar-refractivity contribution is 7.46. The van der Waals surface area contributed by atoms with Gasteiger partial charge in [-0.15, -0.1) is 0 Å². The molecule has 0 aromatic heterocycles.